The number of benzene rings is 1. The zero-order valence-electron chi connectivity index (χ0n) is 13.2. The van der Waals surface area contributed by atoms with Gasteiger partial charge in [-0.05, 0) is 24.5 Å². The molecule has 108 valence electrons. The lowest BCUT2D eigenvalue weighted by atomic mass is 9.86. The van der Waals surface area contributed by atoms with E-state index in [1.165, 1.54) is 0 Å². The summed E-state index contributed by atoms with van der Waals surface area (Å²) >= 11 is 0. The molecule has 1 N–H and O–H groups in total. The summed E-state index contributed by atoms with van der Waals surface area (Å²) in [5.41, 5.74) is 3.93. The number of hydrogen-bond acceptors (Lipinski definition) is 1. The maximum atomic E-state index is 12.8. The van der Waals surface area contributed by atoms with Crippen LogP contribution in [0.5, 0.6) is 0 Å². The molecule has 3 nitrogen and oxygen atoms in total. The van der Waals surface area contributed by atoms with Gasteiger partial charge in [-0.15, -0.1) is 0 Å². The fraction of sp³-hybridized carbons (Fsp3) is 0.471. The fourth-order valence-electron chi connectivity index (χ4n) is 2.54. The molecule has 0 aliphatic rings. The highest BCUT2D eigenvalue weighted by Gasteiger charge is 2.26. The molecule has 0 bridgehead atoms. The molecule has 2 rings (SSSR count). The van der Waals surface area contributed by atoms with Crippen LogP contribution in [0.3, 0.4) is 0 Å². The summed E-state index contributed by atoms with van der Waals surface area (Å²) in [5.74, 6) is 0.207. The molecule has 20 heavy (non-hydrogen) atoms. The van der Waals surface area contributed by atoms with Gasteiger partial charge in [-0.3, -0.25) is 9.89 Å². The first-order valence-corrected chi connectivity index (χ1v) is 7.15. The summed E-state index contributed by atoms with van der Waals surface area (Å²) in [6.07, 6.45) is 0. The van der Waals surface area contributed by atoms with Crippen molar-refractivity contribution in [3.8, 4) is 5.69 Å². The maximum Gasteiger partial charge on any atom is 0.274 e. The van der Waals surface area contributed by atoms with Crippen LogP contribution in [0.1, 0.15) is 57.4 Å². The number of nitrogens with zero attached hydrogens (tertiary/aromatic N) is 1. The molecule has 1 aromatic heterocycles. The zero-order valence-corrected chi connectivity index (χ0v) is 13.2. The first-order valence-electron chi connectivity index (χ1n) is 7.15. The third-order valence-corrected chi connectivity index (χ3v) is 3.61. The number of para-hydroxylation sites is 1. The molecule has 0 unspecified atom stereocenters. The zero-order chi connectivity index (χ0) is 15.1. The lowest BCUT2D eigenvalue weighted by molar-refractivity contribution is 0.550. The Balaban J connectivity index is 2.75. The van der Waals surface area contributed by atoms with Crippen molar-refractivity contribution in [2.75, 3.05) is 0 Å². The average Bonchev–Trinajstić information content (AvgIpc) is 2.67. The molecule has 0 radical (unpaired) electrons. The predicted molar refractivity (Wildman–Crippen MR) is 83.9 cm³/mol. The van der Waals surface area contributed by atoms with Gasteiger partial charge in [-0.1, -0.05) is 52.8 Å². The molecule has 1 aromatic carbocycles. The molecular weight excluding hydrogens is 248 g/mol. The largest absolute Gasteiger partial charge is 0.294 e. The summed E-state index contributed by atoms with van der Waals surface area (Å²) in [6.45, 7) is 12.6. The summed E-state index contributed by atoms with van der Waals surface area (Å²) in [4.78, 5) is 12.8. The lowest BCUT2D eigenvalue weighted by Gasteiger charge is -2.19. The SMILES string of the molecule is Cc1ccccc1-n1[nH]c(C(C)(C)C)c(C(C)C)c1=O. The molecule has 0 aliphatic heterocycles. The molecule has 0 fully saturated rings. The highest BCUT2D eigenvalue weighted by Crippen LogP contribution is 2.27. The summed E-state index contributed by atoms with van der Waals surface area (Å²) in [7, 11) is 0. The van der Waals surface area contributed by atoms with Crippen molar-refractivity contribution in [1.29, 1.82) is 0 Å². The minimum Gasteiger partial charge on any atom is -0.294 e. The average molecular weight is 272 g/mol. The van der Waals surface area contributed by atoms with Gasteiger partial charge in [0.25, 0.3) is 5.56 Å². The van der Waals surface area contributed by atoms with E-state index in [0.29, 0.717) is 0 Å². The third-order valence-electron chi connectivity index (χ3n) is 3.61. The number of aryl methyl sites for hydroxylation is 1. The maximum absolute atomic E-state index is 12.8. The van der Waals surface area contributed by atoms with Crippen LogP contribution in [-0.4, -0.2) is 9.78 Å². The van der Waals surface area contributed by atoms with Crippen molar-refractivity contribution in [2.24, 2.45) is 0 Å². The van der Waals surface area contributed by atoms with Crippen LogP contribution in [0.25, 0.3) is 5.69 Å². The molecule has 3 heteroatoms. The Bertz CT molecular complexity index is 669. The first-order chi connectivity index (χ1) is 9.23. The number of H-pyrrole nitrogens is 1. The van der Waals surface area contributed by atoms with Gasteiger partial charge < -0.3 is 0 Å². The van der Waals surface area contributed by atoms with Crippen molar-refractivity contribution >= 4 is 0 Å². The van der Waals surface area contributed by atoms with E-state index in [0.717, 1.165) is 22.5 Å². The topological polar surface area (TPSA) is 37.8 Å². The van der Waals surface area contributed by atoms with Crippen molar-refractivity contribution in [3.63, 3.8) is 0 Å². The van der Waals surface area contributed by atoms with E-state index in [1.54, 1.807) is 4.68 Å². The monoisotopic (exact) mass is 272 g/mol. The molecular formula is C17H24N2O. The van der Waals surface area contributed by atoms with Crippen LogP contribution in [0.15, 0.2) is 29.1 Å². The Kier molecular flexibility index (Phi) is 3.63. The fourth-order valence-corrected chi connectivity index (χ4v) is 2.54. The van der Waals surface area contributed by atoms with E-state index < -0.39 is 0 Å². The third kappa shape index (κ3) is 2.45. The standard InChI is InChI=1S/C17H24N2O/c1-11(2)14-15(17(4,5)6)18-19(16(14)20)13-10-8-7-9-12(13)3/h7-11,18H,1-6H3. The number of nitrogens with one attached hydrogen (secondary N) is 1. The molecule has 0 saturated carbocycles. The second-order valence-electron chi connectivity index (χ2n) is 6.73. The van der Waals surface area contributed by atoms with Crippen LogP contribution in [-0.2, 0) is 5.41 Å². The van der Waals surface area contributed by atoms with Gasteiger partial charge in [0, 0.05) is 16.7 Å². The second-order valence-corrected chi connectivity index (χ2v) is 6.73. The molecule has 0 spiro atoms. The summed E-state index contributed by atoms with van der Waals surface area (Å²) in [6, 6.07) is 7.94. The van der Waals surface area contributed by atoms with Gasteiger partial charge in [0.05, 0.1) is 5.69 Å². The second kappa shape index (κ2) is 4.97. The van der Waals surface area contributed by atoms with Crippen LogP contribution < -0.4 is 5.56 Å². The Morgan fingerprint density at radius 1 is 1.15 bits per heavy atom. The van der Waals surface area contributed by atoms with Gasteiger partial charge >= 0.3 is 0 Å². The number of hydrogen-bond donors (Lipinski definition) is 1. The normalized spacial score (nSPS) is 12.2. The van der Waals surface area contributed by atoms with Crippen LogP contribution >= 0.6 is 0 Å². The lowest BCUT2D eigenvalue weighted by Crippen LogP contribution is -2.19. The van der Waals surface area contributed by atoms with E-state index in [4.69, 9.17) is 0 Å². The Morgan fingerprint density at radius 2 is 1.75 bits per heavy atom. The van der Waals surface area contributed by atoms with Gasteiger partial charge in [0.15, 0.2) is 0 Å². The predicted octanol–water partition coefficient (Wildman–Crippen LogP) is 3.89. The van der Waals surface area contributed by atoms with E-state index in [9.17, 15) is 4.79 Å². The number of aromatic nitrogens is 2. The smallest absolute Gasteiger partial charge is 0.274 e. The van der Waals surface area contributed by atoms with Crippen molar-refractivity contribution in [3.05, 3.63) is 51.4 Å². The van der Waals surface area contributed by atoms with Gasteiger partial charge in [0.2, 0.25) is 0 Å². The van der Waals surface area contributed by atoms with Crippen LogP contribution in [0.2, 0.25) is 0 Å². The quantitative estimate of drug-likeness (QED) is 0.884. The van der Waals surface area contributed by atoms with Gasteiger partial charge in [-0.2, -0.15) is 0 Å². The van der Waals surface area contributed by atoms with Crippen LogP contribution in [0.4, 0.5) is 0 Å². The molecule has 0 atom stereocenters. The highest BCUT2D eigenvalue weighted by molar-refractivity contribution is 5.41. The summed E-state index contributed by atoms with van der Waals surface area (Å²) in [5, 5.41) is 3.33. The van der Waals surface area contributed by atoms with E-state index in [2.05, 4.69) is 39.7 Å². The minimum atomic E-state index is -0.0767. The Morgan fingerprint density at radius 3 is 2.20 bits per heavy atom. The molecule has 2 aromatic rings. The van der Waals surface area contributed by atoms with Gasteiger partial charge in [-0.25, -0.2) is 4.68 Å². The number of aromatic amines is 1. The molecule has 0 amide bonds. The first kappa shape index (κ1) is 14.6. The Labute approximate surface area is 120 Å². The van der Waals surface area contributed by atoms with E-state index >= 15 is 0 Å². The molecule has 0 saturated heterocycles. The minimum absolute atomic E-state index is 0.0687. The molecule has 0 aliphatic carbocycles. The molecule has 1 heterocycles. The van der Waals surface area contributed by atoms with Crippen molar-refractivity contribution in [1.82, 2.24) is 9.78 Å². The Hall–Kier alpha value is -1.77. The van der Waals surface area contributed by atoms with Crippen LogP contribution in [0, 0.1) is 6.92 Å². The number of rotatable bonds is 2. The highest BCUT2D eigenvalue weighted by atomic mass is 16.1. The van der Waals surface area contributed by atoms with E-state index in [1.807, 2.05) is 31.2 Å². The summed E-state index contributed by atoms with van der Waals surface area (Å²) < 4.78 is 1.69. The van der Waals surface area contributed by atoms with E-state index in [-0.39, 0.29) is 16.9 Å². The van der Waals surface area contributed by atoms with Crippen molar-refractivity contribution < 1.29 is 0 Å². The van der Waals surface area contributed by atoms with Gasteiger partial charge in [0.1, 0.15) is 0 Å². The van der Waals surface area contributed by atoms with Crippen molar-refractivity contribution in [2.45, 2.75) is 52.9 Å².